The maximum atomic E-state index is 11.8. The van der Waals surface area contributed by atoms with E-state index in [9.17, 15) is 4.79 Å². The lowest BCUT2D eigenvalue weighted by Crippen LogP contribution is -2.21. The maximum absolute atomic E-state index is 11.8. The second-order valence-electron chi connectivity index (χ2n) is 5.35. The summed E-state index contributed by atoms with van der Waals surface area (Å²) in [6.07, 6.45) is 6.86. The molecule has 0 bridgehead atoms. The third kappa shape index (κ3) is 2.81. The number of aromatic nitrogens is 1. The fraction of sp³-hybridized carbons (Fsp3) is 0.571. The summed E-state index contributed by atoms with van der Waals surface area (Å²) in [5, 5.41) is 6.65. The third-order valence-corrected chi connectivity index (χ3v) is 3.51. The van der Waals surface area contributed by atoms with E-state index in [0.717, 1.165) is 5.69 Å². The first-order valence-electron chi connectivity index (χ1n) is 6.64. The number of carbonyl (C=O) groups is 1. The van der Waals surface area contributed by atoms with E-state index in [1.807, 2.05) is 19.1 Å². The average molecular weight is 246 g/mol. The van der Waals surface area contributed by atoms with Crippen molar-refractivity contribution in [1.82, 2.24) is 10.5 Å². The fourth-order valence-electron chi connectivity index (χ4n) is 2.28. The van der Waals surface area contributed by atoms with E-state index in [1.165, 1.54) is 31.3 Å². The van der Waals surface area contributed by atoms with Gasteiger partial charge in [0.25, 0.3) is 0 Å². The molecule has 1 aromatic heterocycles. The first kappa shape index (κ1) is 11.5. The first-order valence-corrected chi connectivity index (χ1v) is 6.64. The number of allylic oxidation sites excluding steroid dienone is 1. The van der Waals surface area contributed by atoms with Crippen LogP contribution in [-0.4, -0.2) is 11.1 Å². The molecule has 1 heterocycles. The van der Waals surface area contributed by atoms with Crippen LogP contribution in [0, 0.1) is 18.8 Å². The molecule has 1 aromatic rings. The molecule has 4 heteroatoms. The Morgan fingerprint density at radius 3 is 2.61 bits per heavy atom. The van der Waals surface area contributed by atoms with Crippen molar-refractivity contribution < 1.29 is 9.32 Å². The summed E-state index contributed by atoms with van der Waals surface area (Å²) in [4.78, 5) is 11.8. The summed E-state index contributed by atoms with van der Waals surface area (Å²) in [7, 11) is 0. The van der Waals surface area contributed by atoms with E-state index in [4.69, 9.17) is 4.52 Å². The Balaban J connectivity index is 1.55. The van der Waals surface area contributed by atoms with E-state index in [0.29, 0.717) is 24.1 Å². The molecule has 0 unspecified atom stereocenters. The molecule has 2 fully saturated rings. The first-order chi connectivity index (χ1) is 8.72. The average Bonchev–Trinajstić information content (AvgIpc) is 3.23. The molecule has 0 radical (unpaired) electrons. The van der Waals surface area contributed by atoms with Gasteiger partial charge in [-0.15, -0.1) is 0 Å². The number of hydrogen-bond donors (Lipinski definition) is 1. The van der Waals surface area contributed by atoms with Crippen molar-refractivity contribution in [2.75, 3.05) is 0 Å². The van der Waals surface area contributed by atoms with Gasteiger partial charge in [-0.2, -0.15) is 0 Å². The molecular weight excluding hydrogens is 228 g/mol. The van der Waals surface area contributed by atoms with Crippen LogP contribution in [0.4, 0.5) is 0 Å². The molecule has 4 nitrogen and oxygen atoms in total. The zero-order chi connectivity index (χ0) is 12.5. The minimum absolute atomic E-state index is 0.00199. The smallest absolute Gasteiger partial charge is 0.244 e. The standard InChI is InChI=1S/C14H18N2O2/c1-9-6-12(18-16-9)8-15-14(17)7-13(10-2-3-10)11-4-5-11/h6-7,10-11H,2-5,8H2,1H3,(H,15,17). The lowest BCUT2D eigenvalue weighted by Gasteiger charge is -2.04. The highest BCUT2D eigenvalue weighted by Gasteiger charge is 2.36. The van der Waals surface area contributed by atoms with Gasteiger partial charge >= 0.3 is 0 Å². The van der Waals surface area contributed by atoms with Crippen molar-refractivity contribution in [2.24, 2.45) is 11.8 Å². The predicted molar refractivity (Wildman–Crippen MR) is 66.6 cm³/mol. The van der Waals surface area contributed by atoms with E-state index in [1.54, 1.807) is 0 Å². The number of rotatable bonds is 5. The molecule has 96 valence electrons. The van der Waals surface area contributed by atoms with Crippen molar-refractivity contribution in [3.05, 3.63) is 29.2 Å². The summed E-state index contributed by atoms with van der Waals surface area (Å²) in [5.74, 6) is 2.08. The van der Waals surface area contributed by atoms with Gasteiger partial charge in [-0.05, 0) is 44.4 Å². The zero-order valence-corrected chi connectivity index (χ0v) is 10.6. The molecule has 18 heavy (non-hydrogen) atoms. The molecule has 2 aliphatic rings. The summed E-state index contributed by atoms with van der Waals surface area (Å²) >= 11 is 0. The lowest BCUT2D eigenvalue weighted by molar-refractivity contribution is -0.116. The normalized spacial score (nSPS) is 18.5. The van der Waals surface area contributed by atoms with Gasteiger partial charge in [-0.25, -0.2) is 0 Å². The highest BCUT2D eigenvalue weighted by Crippen LogP contribution is 2.48. The van der Waals surface area contributed by atoms with Gasteiger partial charge in [0.1, 0.15) is 0 Å². The summed E-state index contributed by atoms with van der Waals surface area (Å²) < 4.78 is 5.05. The van der Waals surface area contributed by atoms with Crippen LogP contribution in [0.3, 0.4) is 0 Å². The minimum atomic E-state index is -0.00199. The van der Waals surface area contributed by atoms with Crippen molar-refractivity contribution in [2.45, 2.75) is 39.2 Å². The largest absolute Gasteiger partial charge is 0.359 e. The number of aryl methyl sites for hydroxylation is 1. The van der Waals surface area contributed by atoms with E-state index in [-0.39, 0.29) is 5.91 Å². The second kappa shape index (κ2) is 4.59. The van der Waals surface area contributed by atoms with Gasteiger partial charge in [0.05, 0.1) is 12.2 Å². The third-order valence-electron chi connectivity index (χ3n) is 3.51. The van der Waals surface area contributed by atoms with Crippen molar-refractivity contribution in [3.63, 3.8) is 0 Å². The lowest BCUT2D eigenvalue weighted by atomic mass is 10.1. The molecular formula is C14H18N2O2. The molecule has 2 saturated carbocycles. The Hall–Kier alpha value is -1.58. The van der Waals surface area contributed by atoms with Gasteiger partial charge in [-0.3, -0.25) is 4.79 Å². The summed E-state index contributed by atoms with van der Waals surface area (Å²) in [5.41, 5.74) is 2.22. The number of nitrogens with zero attached hydrogens (tertiary/aromatic N) is 1. The van der Waals surface area contributed by atoms with Crippen LogP contribution in [-0.2, 0) is 11.3 Å². The molecule has 1 N–H and O–H groups in total. The molecule has 0 aliphatic heterocycles. The van der Waals surface area contributed by atoms with Crippen LogP contribution in [0.5, 0.6) is 0 Å². The molecule has 1 amide bonds. The van der Waals surface area contributed by atoms with E-state index in [2.05, 4.69) is 10.5 Å². The van der Waals surface area contributed by atoms with Crippen molar-refractivity contribution in [3.8, 4) is 0 Å². The monoisotopic (exact) mass is 246 g/mol. The second-order valence-corrected chi connectivity index (χ2v) is 5.35. The van der Waals surface area contributed by atoms with Gasteiger partial charge in [-0.1, -0.05) is 10.7 Å². The van der Waals surface area contributed by atoms with Gasteiger partial charge in [0.15, 0.2) is 5.76 Å². The van der Waals surface area contributed by atoms with E-state index < -0.39 is 0 Å². The zero-order valence-electron chi connectivity index (χ0n) is 10.6. The fourth-order valence-corrected chi connectivity index (χ4v) is 2.28. The maximum Gasteiger partial charge on any atom is 0.244 e. The Kier molecular flexibility index (Phi) is 2.94. The molecule has 2 aliphatic carbocycles. The predicted octanol–water partition coefficient (Wildman–Crippen LogP) is 2.35. The van der Waals surface area contributed by atoms with E-state index >= 15 is 0 Å². The molecule has 0 saturated heterocycles. The number of carbonyl (C=O) groups excluding carboxylic acids is 1. The van der Waals surface area contributed by atoms with Crippen LogP contribution in [0.15, 0.2) is 22.2 Å². The number of amides is 1. The Morgan fingerprint density at radius 2 is 2.11 bits per heavy atom. The number of nitrogens with one attached hydrogen (secondary N) is 1. The highest BCUT2D eigenvalue weighted by atomic mass is 16.5. The van der Waals surface area contributed by atoms with Crippen LogP contribution >= 0.6 is 0 Å². The summed E-state index contributed by atoms with van der Waals surface area (Å²) in [6, 6.07) is 1.84. The van der Waals surface area contributed by atoms with Crippen LogP contribution in [0.1, 0.15) is 37.1 Å². The molecule has 0 aromatic carbocycles. The van der Waals surface area contributed by atoms with Crippen molar-refractivity contribution in [1.29, 1.82) is 0 Å². The molecule has 3 rings (SSSR count). The highest BCUT2D eigenvalue weighted by molar-refractivity contribution is 5.88. The SMILES string of the molecule is Cc1cc(CNC(=O)C=C(C2CC2)C2CC2)on1. The van der Waals surface area contributed by atoms with Gasteiger partial charge < -0.3 is 9.84 Å². The number of hydrogen-bond acceptors (Lipinski definition) is 3. The Labute approximate surface area is 106 Å². The molecule has 0 spiro atoms. The van der Waals surface area contributed by atoms with Crippen molar-refractivity contribution >= 4 is 5.91 Å². The Morgan fingerprint density at radius 1 is 1.44 bits per heavy atom. The van der Waals surface area contributed by atoms with Gasteiger partial charge in [0, 0.05) is 12.1 Å². The minimum Gasteiger partial charge on any atom is -0.359 e. The van der Waals surface area contributed by atoms with Crippen LogP contribution in [0.25, 0.3) is 0 Å². The molecule has 0 atom stereocenters. The van der Waals surface area contributed by atoms with Crippen LogP contribution < -0.4 is 5.32 Å². The topological polar surface area (TPSA) is 55.1 Å². The Bertz CT molecular complexity index is 468. The summed E-state index contributed by atoms with van der Waals surface area (Å²) in [6.45, 7) is 2.28. The van der Waals surface area contributed by atoms with Crippen LogP contribution in [0.2, 0.25) is 0 Å². The quantitative estimate of drug-likeness (QED) is 0.811. The van der Waals surface area contributed by atoms with Gasteiger partial charge in [0.2, 0.25) is 5.91 Å².